The Kier molecular flexibility index (Phi) is 3.87. The lowest BCUT2D eigenvalue weighted by molar-refractivity contribution is 0.173. The Hall–Kier alpha value is -2.01. The largest absolute Gasteiger partial charge is 0.454 e. The van der Waals surface area contributed by atoms with Crippen molar-refractivity contribution >= 4 is 0 Å². The van der Waals surface area contributed by atoms with E-state index in [0.717, 1.165) is 43.1 Å². The molecular weight excluding hydrogens is 254 g/mol. The van der Waals surface area contributed by atoms with Gasteiger partial charge in [-0.05, 0) is 12.5 Å². The van der Waals surface area contributed by atoms with Crippen molar-refractivity contribution in [2.45, 2.75) is 33.0 Å². The zero-order chi connectivity index (χ0) is 13.8. The molecule has 2 aromatic rings. The molecule has 5 heteroatoms. The van der Waals surface area contributed by atoms with Crippen LogP contribution in [-0.2, 0) is 19.6 Å². The molecule has 0 unspecified atom stereocenters. The summed E-state index contributed by atoms with van der Waals surface area (Å²) in [6, 6.07) is 5.98. The predicted octanol–water partition coefficient (Wildman–Crippen LogP) is 2.31. The second-order valence-corrected chi connectivity index (χ2v) is 4.83. The van der Waals surface area contributed by atoms with Gasteiger partial charge in [-0.15, -0.1) is 0 Å². The Morgan fingerprint density at radius 3 is 3.15 bits per heavy atom. The molecule has 1 aromatic heterocycles. The summed E-state index contributed by atoms with van der Waals surface area (Å²) in [5, 5.41) is 3.44. The third-order valence-electron chi connectivity index (χ3n) is 3.36. The Balaban J connectivity index is 1.60. The number of fused-ring (bicyclic) bond motifs is 1. The molecule has 106 valence electrons. The first-order chi connectivity index (χ1) is 9.88. The maximum absolute atomic E-state index is 5.50. The summed E-state index contributed by atoms with van der Waals surface area (Å²) < 4.78 is 13.1. The average molecular weight is 273 g/mol. The monoisotopic (exact) mass is 273 g/mol. The number of aromatic nitrogens is 2. The van der Waals surface area contributed by atoms with E-state index in [4.69, 9.17) is 9.47 Å². The number of nitrogens with zero attached hydrogens (tertiary/aromatic N) is 2. The molecule has 1 aromatic carbocycles. The molecule has 3 rings (SSSR count). The SMILES string of the molecule is CCCn1cncc1CNCc1cccc2c1OCO2. The number of ether oxygens (including phenoxy) is 2. The lowest BCUT2D eigenvalue weighted by Gasteiger charge is -2.09. The van der Waals surface area contributed by atoms with Crippen molar-refractivity contribution in [3.8, 4) is 11.5 Å². The van der Waals surface area contributed by atoms with Gasteiger partial charge in [-0.25, -0.2) is 4.98 Å². The smallest absolute Gasteiger partial charge is 0.231 e. The van der Waals surface area contributed by atoms with Crippen LogP contribution in [0.5, 0.6) is 11.5 Å². The van der Waals surface area contributed by atoms with Crippen molar-refractivity contribution in [2.24, 2.45) is 0 Å². The van der Waals surface area contributed by atoms with Crippen molar-refractivity contribution in [3.05, 3.63) is 42.0 Å². The summed E-state index contributed by atoms with van der Waals surface area (Å²) in [6.07, 6.45) is 4.91. The van der Waals surface area contributed by atoms with Crippen LogP contribution < -0.4 is 14.8 Å². The summed E-state index contributed by atoms with van der Waals surface area (Å²) in [6.45, 7) is 5.04. The second kappa shape index (κ2) is 5.96. The number of nitrogens with one attached hydrogen (secondary N) is 1. The summed E-state index contributed by atoms with van der Waals surface area (Å²) in [7, 11) is 0. The minimum Gasteiger partial charge on any atom is -0.454 e. The first-order valence-electron chi connectivity index (χ1n) is 6.95. The van der Waals surface area contributed by atoms with Crippen molar-refractivity contribution < 1.29 is 9.47 Å². The Bertz CT molecular complexity index is 580. The number of hydrogen-bond donors (Lipinski definition) is 1. The number of benzene rings is 1. The van der Waals surface area contributed by atoms with E-state index in [1.54, 1.807) is 0 Å². The van der Waals surface area contributed by atoms with Gasteiger partial charge in [-0.2, -0.15) is 0 Å². The quantitative estimate of drug-likeness (QED) is 0.877. The third-order valence-corrected chi connectivity index (χ3v) is 3.36. The van der Waals surface area contributed by atoms with E-state index < -0.39 is 0 Å². The normalized spacial score (nSPS) is 12.8. The minimum absolute atomic E-state index is 0.315. The van der Waals surface area contributed by atoms with Gasteiger partial charge in [0.05, 0.1) is 12.0 Å². The van der Waals surface area contributed by atoms with E-state index in [9.17, 15) is 0 Å². The van der Waals surface area contributed by atoms with E-state index >= 15 is 0 Å². The zero-order valence-corrected chi connectivity index (χ0v) is 11.6. The molecular formula is C15H19N3O2. The summed E-state index contributed by atoms with van der Waals surface area (Å²) in [4.78, 5) is 4.20. The molecule has 0 amide bonds. The molecule has 0 bridgehead atoms. The highest BCUT2D eigenvalue weighted by molar-refractivity contribution is 5.48. The topological polar surface area (TPSA) is 48.3 Å². The van der Waals surface area contributed by atoms with Gasteiger partial charge in [0.15, 0.2) is 11.5 Å². The van der Waals surface area contributed by atoms with Gasteiger partial charge >= 0.3 is 0 Å². The van der Waals surface area contributed by atoms with E-state index in [2.05, 4.69) is 27.9 Å². The van der Waals surface area contributed by atoms with Crippen molar-refractivity contribution in [1.29, 1.82) is 0 Å². The predicted molar refractivity (Wildman–Crippen MR) is 75.6 cm³/mol. The highest BCUT2D eigenvalue weighted by Gasteiger charge is 2.16. The van der Waals surface area contributed by atoms with Crippen molar-refractivity contribution in [3.63, 3.8) is 0 Å². The van der Waals surface area contributed by atoms with Crippen LogP contribution in [0.15, 0.2) is 30.7 Å². The maximum atomic E-state index is 5.50. The molecule has 0 radical (unpaired) electrons. The number of hydrogen-bond acceptors (Lipinski definition) is 4. The Morgan fingerprint density at radius 1 is 1.30 bits per heavy atom. The van der Waals surface area contributed by atoms with Gasteiger partial charge in [-0.3, -0.25) is 0 Å². The molecule has 1 N–H and O–H groups in total. The summed E-state index contributed by atoms with van der Waals surface area (Å²) >= 11 is 0. The van der Waals surface area contributed by atoms with Gasteiger partial charge in [0.25, 0.3) is 0 Å². The molecule has 2 heterocycles. The third kappa shape index (κ3) is 2.63. The lowest BCUT2D eigenvalue weighted by Crippen LogP contribution is -2.16. The van der Waals surface area contributed by atoms with E-state index in [-0.39, 0.29) is 0 Å². The van der Waals surface area contributed by atoms with Crippen LogP contribution in [0, 0.1) is 0 Å². The van der Waals surface area contributed by atoms with Crippen LogP contribution in [-0.4, -0.2) is 16.3 Å². The van der Waals surface area contributed by atoms with Crippen molar-refractivity contribution in [1.82, 2.24) is 14.9 Å². The number of aryl methyl sites for hydroxylation is 1. The molecule has 0 saturated carbocycles. The van der Waals surface area contributed by atoms with Crippen LogP contribution in [0.3, 0.4) is 0 Å². The van der Waals surface area contributed by atoms with Crippen LogP contribution in [0.4, 0.5) is 0 Å². The second-order valence-electron chi connectivity index (χ2n) is 4.83. The fourth-order valence-corrected chi connectivity index (χ4v) is 2.39. The highest BCUT2D eigenvalue weighted by atomic mass is 16.7. The fraction of sp³-hybridized carbons (Fsp3) is 0.400. The van der Waals surface area contributed by atoms with Gasteiger partial charge in [0.1, 0.15) is 0 Å². The molecule has 0 atom stereocenters. The Morgan fingerprint density at radius 2 is 2.25 bits per heavy atom. The molecule has 0 aliphatic carbocycles. The van der Waals surface area contributed by atoms with Crippen LogP contribution in [0.2, 0.25) is 0 Å². The number of para-hydroxylation sites is 1. The van der Waals surface area contributed by atoms with E-state index in [1.165, 1.54) is 5.69 Å². The first-order valence-corrected chi connectivity index (χ1v) is 6.95. The average Bonchev–Trinajstić information content (AvgIpc) is 3.09. The molecule has 20 heavy (non-hydrogen) atoms. The van der Waals surface area contributed by atoms with Gasteiger partial charge in [0, 0.05) is 31.4 Å². The lowest BCUT2D eigenvalue weighted by atomic mass is 10.2. The number of imidazole rings is 1. The molecule has 0 spiro atoms. The highest BCUT2D eigenvalue weighted by Crippen LogP contribution is 2.35. The fourth-order valence-electron chi connectivity index (χ4n) is 2.39. The minimum atomic E-state index is 0.315. The number of rotatable bonds is 6. The summed E-state index contributed by atoms with van der Waals surface area (Å²) in [5.74, 6) is 1.70. The summed E-state index contributed by atoms with van der Waals surface area (Å²) in [5.41, 5.74) is 2.33. The Labute approximate surface area is 118 Å². The van der Waals surface area contributed by atoms with Crippen LogP contribution >= 0.6 is 0 Å². The molecule has 0 fully saturated rings. The van der Waals surface area contributed by atoms with E-state index in [1.807, 2.05) is 24.7 Å². The molecule has 1 aliphatic heterocycles. The first kappa shape index (κ1) is 13.0. The molecule has 1 aliphatic rings. The van der Waals surface area contributed by atoms with Crippen molar-refractivity contribution in [2.75, 3.05) is 6.79 Å². The van der Waals surface area contributed by atoms with Crippen LogP contribution in [0.25, 0.3) is 0 Å². The van der Waals surface area contributed by atoms with E-state index in [0.29, 0.717) is 6.79 Å². The maximum Gasteiger partial charge on any atom is 0.231 e. The zero-order valence-electron chi connectivity index (χ0n) is 11.6. The molecule has 5 nitrogen and oxygen atoms in total. The molecule has 0 saturated heterocycles. The van der Waals surface area contributed by atoms with Gasteiger partial charge in [0.2, 0.25) is 6.79 Å². The van der Waals surface area contributed by atoms with Gasteiger partial charge in [-0.1, -0.05) is 19.1 Å². The van der Waals surface area contributed by atoms with Gasteiger partial charge < -0.3 is 19.4 Å². The van der Waals surface area contributed by atoms with Crippen LogP contribution in [0.1, 0.15) is 24.6 Å². The standard InChI is InChI=1S/C15H19N3O2/c1-2-6-18-10-17-9-13(18)8-16-7-12-4-3-5-14-15(12)20-11-19-14/h3-5,9-10,16H,2,6-8,11H2,1H3.